The molecular formula is C14H12N2O3S. The van der Waals surface area contributed by atoms with Crippen LogP contribution in [0.1, 0.15) is 28.5 Å². The number of nitrogens with zero attached hydrogens (tertiary/aromatic N) is 1. The van der Waals surface area contributed by atoms with E-state index >= 15 is 0 Å². The molecule has 0 bridgehead atoms. The van der Waals surface area contributed by atoms with E-state index in [4.69, 9.17) is 9.52 Å². The van der Waals surface area contributed by atoms with Crippen LogP contribution in [0.25, 0.3) is 11.0 Å². The van der Waals surface area contributed by atoms with Crippen LogP contribution < -0.4 is 0 Å². The van der Waals surface area contributed by atoms with Gasteiger partial charge in [-0.2, -0.15) is 0 Å². The van der Waals surface area contributed by atoms with Crippen LogP contribution in [0, 0.1) is 0 Å². The van der Waals surface area contributed by atoms with Crippen LogP contribution in [0.2, 0.25) is 0 Å². The number of hydrogen-bond donors (Lipinski definition) is 2. The van der Waals surface area contributed by atoms with Gasteiger partial charge in [0.05, 0.1) is 16.3 Å². The van der Waals surface area contributed by atoms with Crippen molar-refractivity contribution in [1.82, 2.24) is 9.97 Å². The lowest BCUT2D eigenvalue weighted by molar-refractivity contribution is 0.0660. The first kappa shape index (κ1) is 12.8. The van der Waals surface area contributed by atoms with Gasteiger partial charge in [-0.05, 0) is 31.2 Å². The van der Waals surface area contributed by atoms with Crippen molar-refractivity contribution in [2.45, 2.75) is 17.3 Å². The first-order valence-electron chi connectivity index (χ1n) is 6.08. The summed E-state index contributed by atoms with van der Waals surface area (Å²) < 4.78 is 5.29. The fourth-order valence-corrected chi connectivity index (χ4v) is 2.79. The van der Waals surface area contributed by atoms with Crippen molar-refractivity contribution >= 4 is 28.8 Å². The quantitative estimate of drug-likeness (QED) is 0.715. The number of carboxylic acids is 1. The molecule has 0 radical (unpaired) electrons. The van der Waals surface area contributed by atoms with Crippen molar-refractivity contribution in [3.8, 4) is 0 Å². The number of imidazole rings is 1. The number of aromatic nitrogens is 2. The van der Waals surface area contributed by atoms with E-state index in [1.54, 1.807) is 6.07 Å². The van der Waals surface area contributed by atoms with E-state index in [0.29, 0.717) is 5.76 Å². The molecule has 20 heavy (non-hydrogen) atoms. The summed E-state index contributed by atoms with van der Waals surface area (Å²) in [5.74, 6) is -0.484. The van der Waals surface area contributed by atoms with Crippen LogP contribution >= 0.6 is 11.8 Å². The molecule has 0 aliphatic heterocycles. The van der Waals surface area contributed by atoms with Crippen LogP contribution in [0.15, 0.2) is 46.0 Å². The lowest BCUT2D eigenvalue weighted by Crippen LogP contribution is -1.92. The molecule has 2 aromatic heterocycles. The zero-order valence-electron chi connectivity index (χ0n) is 10.7. The van der Waals surface area contributed by atoms with E-state index in [0.717, 1.165) is 16.2 Å². The van der Waals surface area contributed by atoms with Crippen molar-refractivity contribution in [2.75, 3.05) is 0 Å². The molecule has 5 nitrogen and oxygen atoms in total. The van der Waals surface area contributed by atoms with Crippen LogP contribution in [-0.4, -0.2) is 21.0 Å². The van der Waals surface area contributed by atoms with Crippen molar-refractivity contribution in [2.24, 2.45) is 0 Å². The molecule has 0 spiro atoms. The second-order valence-electron chi connectivity index (χ2n) is 4.33. The Kier molecular flexibility index (Phi) is 3.23. The number of fused-ring (bicyclic) bond motifs is 1. The maximum atomic E-state index is 10.8. The molecular weight excluding hydrogens is 276 g/mol. The number of thioether (sulfide) groups is 1. The first-order chi connectivity index (χ1) is 9.63. The second-order valence-corrected chi connectivity index (χ2v) is 5.66. The van der Waals surface area contributed by atoms with Gasteiger partial charge >= 0.3 is 5.97 Å². The van der Waals surface area contributed by atoms with E-state index < -0.39 is 5.97 Å². The van der Waals surface area contributed by atoms with Gasteiger partial charge in [-0.1, -0.05) is 23.9 Å². The molecule has 0 fully saturated rings. The molecule has 0 amide bonds. The van der Waals surface area contributed by atoms with Crippen molar-refractivity contribution in [1.29, 1.82) is 0 Å². The number of carbonyl (C=O) groups is 1. The van der Waals surface area contributed by atoms with E-state index in [-0.39, 0.29) is 11.0 Å². The van der Waals surface area contributed by atoms with Gasteiger partial charge in [0, 0.05) is 0 Å². The molecule has 6 heteroatoms. The molecule has 102 valence electrons. The van der Waals surface area contributed by atoms with Gasteiger partial charge < -0.3 is 14.5 Å². The third kappa shape index (κ3) is 2.42. The molecule has 0 saturated carbocycles. The highest BCUT2D eigenvalue weighted by molar-refractivity contribution is 7.99. The number of carboxylic acid groups (broad SMARTS) is 1. The molecule has 3 aromatic rings. The minimum absolute atomic E-state index is 0.0244. The van der Waals surface area contributed by atoms with Crippen LogP contribution in [-0.2, 0) is 0 Å². The van der Waals surface area contributed by atoms with Gasteiger partial charge in [0.15, 0.2) is 5.16 Å². The number of hydrogen-bond acceptors (Lipinski definition) is 4. The molecule has 2 heterocycles. The van der Waals surface area contributed by atoms with Gasteiger partial charge in [-0.25, -0.2) is 9.78 Å². The monoisotopic (exact) mass is 288 g/mol. The zero-order valence-corrected chi connectivity index (χ0v) is 11.5. The maximum absolute atomic E-state index is 10.8. The predicted molar refractivity (Wildman–Crippen MR) is 76.0 cm³/mol. The Bertz CT molecular complexity index is 729. The average molecular weight is 288 g/mol. The van der Waals surface area contributed by atoms with Crippen LogP contribution in [0.3, 0.4) is 0 Å². The lowest BCUT2D eigenvalue weighted by atomic mass is 10.3. The van der Waals surface area contributed by atoms with E-state index in [1.165, 1.54) is 17.8 Å². The molecule has 1 aromatic carbocycles. The minimum atomic E-state index is -1.06. The Morgan fingerprint density at radius 1 is 1.35 bits per heavy atom. The Morgan fingerprint density at radius 3 is 2.85 bits per heavy atom. The smallest absolute Gasteiger partial charge is 0.371 e. The number of aromatic amines is 1. The molecule has 0 aliphatic rings. The highest BCUT2D eigenvalue weighted by Crippen LogP contribution is 2.34. The Balaban J connectivity index is 1.80. The lowest BCUT2D eigenvalue weighted by Gasteiger charge is -2.04. The van der Waals surface area contributed by atoms with Gasteiger partial charge in [0.1, 0.15) is 5.76 Å². The number of rotatable bonds is 4. The molecule has 1 unspecified atom stereocenters. The predicted octanol–water partition coefficient (Wildman–Crippen LogP) is 3.71. The van der Waals surface area contributed by atoms with Crippen LogP contribution in [0.4, 0.5) is 0 Å². The fraction of sp³-hybridized carbons (Fsp3) is 0.143. The summed E-state index contributed by atoms with van der Waals surface area (Å²) in [5.41, 5.74) is 1.89. The summed E-state index contributed by atoms with van der Waals surface area (Å²) in [6.45, 7) is 1.95. The number of aromatic carboxylic acids is 1. The molecule has 0 saturated heterocycles. The SMILES string of the molecule is CC(Sc1nc2ccccc2[nH]1)c1ccc(C(=O)O)o1. The third-order valence-electron chi connectivity index (χ3n) is 2.89. The molecule has 3 rings (SSSR count). The van der Waals surface area contributed by atoms with Crippen LogP contribution in [0.5, 0.6) is 0 Å². The van der Waals surface area contributed by atoms with Crippen molar-refractivity contribution < 1.29 is 14.3 Å². The van der Waals surface area contributed by atoms with Crippen molar-refractivity contribution in [3.63, 3.8) is 0 Å². The van der Waals surface area contributed by atoms with Gasteiger partial charge in [-0.15, -0.1) is 0 Å². The fourth-order valence-electron chi connectivity index (χ4n) is 1.90. The van der Waals surface area contributed by atoms with E-state index in [9.17, 15) is 4.79 Å². The van der Waals surface area contributed by atoms with Gasteiger partial charge in [0.25, 0.3) is 0 Å². The summed E-state index contributed by atoms with van der Waals surface area (Å²) in [4.78, 5) is 18.5. The van der Waals surface area contributed by atoms with E-state index in [2.05, 4.69) is 9.97 Å². The second kappa shape index (κ2) is 5.05. The molecule has 1 atom stereocenters. The highest BCUT2D eigenvalue weighted by atomic mass is 32.2. The number of H-pyrrole nitrogens is 1. The molecule has 0 aliphatic carbocycles. The van der Waals surface area contributed by atoms with Gasteiger partial charge in [0.2, 0.25) is 5.76 Å². The van der Waals surface area contributed by atoms with E-state index in [1.807, 2.05) is 31.2 Å². The Morgan fingerprint density at radius 2 is 2.15 bits per heavy atom. The summed E-state index contributed by atoms with van der Waals surface area (Å²) in [6, 6.07) is 10.9. The summed E-state index contributed by atoms with van der Waals surface area (Å²) in [6.07, 6.45) is 0. The number of furan rings is 1. The normalized spacial score (nSPS) is 12.7. The standard InChI is InChI=1S/C14H12N2O3S/c1-8(11-6-7-12(19-11)13(17)18)20-14-15-9-4-2-3-5-10(9)16-14/h2-8H,1H3,(H,15,16)(H,17,18). The first-order valence-corrected chi connectivity index (χ1v) is 6.96. The Labute approximate surface area is 119 Å². The highest BCUT2D eigenvalue weighted by Gasteiger charge is 2.16. The average Bonchev–Trinajstić information content (AvgIpc) is 3.04. The molecule has 2 N–H and O–H groups in total. The topological polar surface area (TPSA) is 79.1 Å². The Hall–Kier alpha value is -2.21. The summed E-state index contributed by atoms with van der Waals surface area (Å²) in [5, 5.41) is 9.61. The third-order valence-corrected chi connectivity index (χ3v) is 3.90. The largest absolute Gasteiger partial charge is 0.475 e. The maximum Gasteiger partial charge on any atom is 0.371 e. The van der Waals surface area contributed by atoms with Crippen molar-refractivity contribution in [3.05, 3.63) is 47.9 Å². The minimum Gasteiger partial charge on any atom is -0.475 e. The van der Waals surface area contributed by atoms with Gasteiger partial charge in [-0.3, -0.25) is 0 Å². The number of benzene rings is 1. The zero-order chi connectivity index (χ0) is 14.1. The number of para-hydroxylation sites is 2. The summed E-state index contributed by atoms with van der Waals surface area (Å²) in [7, 11) is 0. The number of nitrogens with one attached hydrogen (secondary N) is 1. The summed E-state index contributed by atoms with van der Waals surface area (Å²) >= 11 is 1.49.